The van der Waals surface area contributed by atoms with E-state index >= 15 is 0 Å². The van der Waals surface area contributed by atoms with Crippen molar-refractivity contribution in [1.82, 2.24) is 5.32 Å². The van der Waals surface area contributed by atoms with Gasteiger partial charge in [0.15, 0.2) is 0 Å². The molecular weight excluding hydrogens is 238 g/mol. The van der Waals surface area contributed by atoms with Gasteiger partial charge in [0.2, 0.25) is 5.91 Å². The van der Waals surface area contributed by atoms with Gasteiger partial charge in [0, 0.05) is 24.6 Å². The Kier molecular flexibility index (Phi) is 8.26. The number of carbonyl (C=O) groups excluding carboxylic acids is 3. The molecule has 0 heterocycles. The molecular formula is C12H19NO5. The highest BCUT2D eigenvalue weighted by Gasteiger charge is 2.05. The standard InChI is InChI=1S/C12H19NO5/c1-9(2)12(16)13-7-4-8-18-11(15)6-5-10(14)17-3/h5-6,9H,4,7-8H2,1-3H3,(H,13,16)/b6-5+. The number of methoxy groups -OCH3 is 1. The van der Waals surface area contributed by atoms with Gasteiger partial charge in [-0.15, -0.1) is 0 Å². The maximum atomic E-state index is 11.2. The molecule has 0 atom stereocenters. The lowest BCUT2D eigenvalue weighted by Gasteiger charge is -2.07. The van der Waals surface area contributed by atoms with Crippen molar-refractivity contribution in [3.05, 3.63) is 12.2 Å². The van der Waals surface area contributed by atoms with E-state index in [0.717, 1.165) is 12.2 Å². The molecule has 0 aromatic rings. The van der Waals surface area contributed by atoms with Gasteiger partial charge in [0.25, 0.3) is 0 Å². The quantitative estimate of drug-likeness (QED) is 0.406. The molecule has 0 spiro atoms. The van der Waals surface area contributed by atoms with Crippen molar-refractivity contribution < 1.29 is 23.9 Å². The zero-order chi connectivity index (χ0) is 14.0. The van der Waals surface area contributed by atoms with Gasteiger partial charge in [-0.3, -0.25) is 4.79 Å². The predicted molar refractivity (Wildman–Crippen MR) is 64.6 cm³/mol. The molecule has 0 aromatic carbocycles. The molecule has 0 rings (SSSR count). The highest BCUT2D eigenvalue weighted by molar-refractivity contribution is 5.91. The Balaban J connectivity index is 3.61. The Morgan fingerprint density at radius 3 is 2.33 bits per heavy atom. The van der Waals surface area contributed by atoms with Crippen molar-refractivity contribution in [3.63, 3.8) is 0 Å². The smallest absolute Gasteiger partial charge is 0.331 e. The second-order valence-corrected chi connectivity index (χ2v) is 3.82. The van der Waals surface area contributed by atoms with Crippen LogP contribution >= 0.6 is 0 Å². The van der Waals surface area contributed by atoms with E-state index in [2.05, 4.69) is 10.1 Å². The third kappa shape index (κ3) is 8.32. The Morgan fingerprint density at radius 1 is 1.17 bits per heavy atom. The number of amides is 1. The van der Waals surface area contributed by atoms with Gasteiger partial charge in [-0.1, -0.05) is 13.8 Å². The lowest BCUT2D eigenvalue weighted by atomic mass is 10.2. The average molecular weight is 257 g/mol. The molecule has 6 nitrogen and oxygen atoms in total. The van der Waals surface area contributed by atoms with Gasteiger partial charge in [0.1, 0.15) is 0 Å². The van der Waals surface area contributed by atoms with E-state index in [1.807, 2.05) is 0 Å². The summed E-state index contributed by atoms with van der Waals surface area (Å²) >= 11 is 0. The van der Waals surface area contributed by atoms with E-state index in [1.165, 1.54) is 7.11 Å². The van der Waals surface area contributed by atoms with Crippen LogP contribution in [0.25, 0.3) is 0 Å². The molecule has 18 heavy (non-hydrogen) atoms. The minimum absolute atomic E-state index is 0.0353. The van der Waals surface area contributed by atoms with Crippen LogP contribution in [-0.2, 0) is 23.9 Å². The van der Waals surface area contributed by atoms with Crippen LogP contribution in [0.5, 0.6) is 0 Å². The molecule has 0 saturated carbocycles. The first-order valence-corrected chi connectivity index (χ1v) is 5.68. The monoisotopic (exact) mass is 257 g/mol. The van der Waals surface area contributed by atoms with Crippen LogP contribution in [0.2, 0.25) is 0 Å². The van der Waals surface area contributed by atoms with E-state index in [1.54, 1.807) is 13.8 Å². The molecule has 1 amide bonds. The van der Waals surface area contributed by atoms with E-state index in [9.17, 15) is 14.4 Å². The Labute approximate surface area is 106 Å². The summed E-state index contributed by atoms with van der Waals surface area (Å²) in [6.45, 7) is 4.23. The van der Waals surface area contributed by atoms with Crippen molar-refractivity contribution in [2.75, 3.05) is 20.3 Å². The molecule has 0 radical (unpaired) electrons. The zero-order valence-corrected chi connectivity index (χ0v) is 10.9. The van der Waals surface area contributed by atoms with E-state index < -0.39 is 11.9 Å². The molecule has 0 aliphatic heterocycles. The summed E-state index contributed by atoms with van der Waals surface area (Å²) in [7, 11) is 1.22. The molecule has 6 heteroatoms. The fourth-order valence-electron chi connectivity index (χ4n) is 0.913. The highest BCUT2D eigenvalue weighted by atomic mass is 16.5. The van der Waals surface area contributed by atoms with Crippen LogP contribution in [0, 0.1) is 5.92 Å². The van der Waals surface area contributed by atoms with Gasteiger partial charge >= 0.3 is 11.9 Å². The minimum Gasteiger partial charge on any atom is -0.466 e. The van der Waals surface area contributed by atoms with Gasteiger partial charge in [0.05, 0.1) is 13.7 Å². The molecule has 0 bridgehead atoms. The second-order valence-electron chi connectivity index (χ2n) is 3.82. The fraction of sp³-hybridized carbons (Fsp3) is 0.583. The van der Waals surface area contributed by atoms with Crippen molar-refractivity contribution in [2.24, 2.45) is 5.92 Å². The van der Waals surface area contributed by atoms with Crippen molar-refractivity contribution in [2.45, 2.75) is 20.3 Å². The van der Waals surface area contributed by atoms with E-state index in [4.69, 9.17) is 4.74 Å². The first kappa shape index (κ1) is 16.1. The lowest BCUT2D eigenvalue weighted by molar-refractivity contribution is -0.139. The van der Waals surface area contributed by atoms with Crippen LogP contribution in [0.4, 0.5) is 0 Å². The number of esters is 2. The summed E-state index contributed by atoms with van der Waals surface area (Å²) in [6, 6.07) is 0. The van der Waals surface area contributed by atoms with Crippen LogP contribution in [-0.4, -0.2) is 38.1 Å². The van der Waals surface area contributed by atoms with Crippen LogP contribution < -0.4 is 5.32 Å². The number of rotatable bonds is 7. The maximum Gasteiger partial charge on any atom is 0.331 e. The van der Waals surface area contributed by atoms with E-state index in [0.29, 0.717) is 13.0 Å². The Hall–Kier alpha value is -1.85. The first-order valence-electron chi connectivity index (χ1n) is 5.68. The van der Waals surface area contributed by atoms with Crippen molar-refractivity contribution in [1.29, 1.82) is 0 Å². The van der Waals surface area contributed by atoms with Crippen molar-refractivity contribution in [3.8, 4) is 0 Å². The Bertz CT molecular complexity index is 322. The predicted octanol–water partition coefficient (Wildman–Crippen LogP) is 0.421. The molecule has 0 aliphatic rings. The number of hydrogen-bond donors (Lipinski definition) is 1. The summed E-state index contributed by atoms with van der Waals surface area (Å²) in [5.41, 5.74) is 0. The third-order valence-electron chi connectivity index (χ3n) is 1.95. The van der Waals surface area contributed by atoms with Gasteiger partial charge < -0.3 is 14.8 Å². The maximum absolute atomic E-state index is 11.2. The van der Waals surface area contributed by atoms with Gasteiger partial charge in [-0.25, -0.2) is 9.59 Å². The van der Waals surface area contributed by atoms with Crippen LogP contribution in [0.3, 0.4) is 0 Å². The molecule has 0 fully saturated rings. The zero-order valence-electron chi connectivity index (χ0n) is 10.9. The number of ether oxygens (including phenoxy) is 2. The third-order valence-corrected chi connectivity index (χ3v) is 1.95. The SMILES string of the molecule is COC(=O)/C=C/C(=O)OCCCNC(=O)C(C)C. The molecule has 0 saturated heterocycles. The lowest BCUT2D eigenvalue weighted by Crippen LogP contribution is -2.29. The number of nitrogens with one attached hydrogen (secondary N) is 1. The van der Waals surface area contributed by atoms with E-state index in [-0.39, 0.29) is 18.4 Å². The Morgan fingerprint density at radius 2 is 1.78 bits per heavy atom. The molecule has 0 aliphatic carbocycles. The summed E-state index contributed by atoms with van der Waals surface area (Å²) in [4.78, 5) is 32.9. The first-order chi connectivity index (χ1) is 8.47. The van der Waals surface area contributed by atoms with Crippen LogP contribution in [0.15, 0.2) is 12.2 Å². The molecule has 1 N–H and O–H groups in total. The number of hydrogen-bond acceptors (Lipinski definition) is 5. The summed E-state index contributed by atoms with van der Waals surface area (Å²) in [5, 5.41) is 2.69. The normalized spacial score (nSPS) is 10.4. The molecule has 0 aromatic heterocycles. The summed E-state index contributed by atoms with van der Waals surface area (Å²) in [5.74, 6) is -1.32. The molecule has 102 valence electrons. The highest BCUT2D eigenvalue weighted by Crippen LogP contribution is 1.91. The fourth-order valence-corrected chi connectivity index (χ4v) is 0.913. The van der Waals surface area contributed by atoms with Gasteiger partial charge in [-0.2, -0.15) is 0 Å². The topological polar surface area (TPSA) is 81.7 Å². The number of carbonyl (C=O) groups is 3. The second kappa shape index (κ2) is 9.21. The summed E-state index contributed by atoms with van der Waals surface area (Å²) in [6.07, 6.45) is 2.51. The van der Waals surface area contributed by atoms with Crippen LogP contribution in [0.1, 0.15) is 20.3 Å². The minimum atomic E-state index is -0.615. The average Bonchev–Trinajstić information content (AvgIpc) is 2.34. The van der Waals surface area contributed by atoms with Gasteiger partial charge in [-0.05, 0) is 6.42 Å². The van der Waals surface area contributed by atoms with Crippen molar-refractivity contribution >= 4 is 17.8 Å². The summed E-state index contributed by atoms with van der Waals surface area (Å²) < 4.78 is 9.11. The largest absolute Gasteiger partial charge is 0.466 e. The molecule has 0 unspecified atom stereocenters.